The molecule has 0 aromatic carbocycles. The molecular weight excluding hydrogens is 292 g/mol. The number of nitriles is 3. The first-order chi connectivity index (χ1) is 10.7. The second-order valence-corrected chi connectivity index (χ2v) is 6.74. The molecule has 1 heterocycles. The highest BCUT2D eigenvalue weighted by molar-refractivity contribution is 7.10. The van der Waals surface area contributed by atoms with Gasteiger partial charge in [0.05, 0.1) is 23.9 Å². The van der Waals surface area contributed by atoms with E-state index in [0.29, 0.717) is 0 Å². The van der Waals surface area contributed by atoms with Crippen LogP contribution in [-0.4, -0.2) is 5.71 Å². The number of fused-ring (bicyclic) bond motifs is 1. The Bertz CT molecular complexity index is 740. The third kappa shape index (κ3) is 1.82. The van der Waals surface area contributed by atoms with Gasteiger partial charge < -0.3 is 5.41 Å². The molecule has 0 amide bonds. The summed E-state index contributed by atoms with van der Waals surface area (Å²) in [4.78, 5) is 0.966. The lowest BCUT2D eigenvalue weighted by Gasteiger charge is -2.45. The molecule has 0 aliphatic heterocycles. The lowest BCUT2D eigenvalue weighted by atomic mass is 9.53. The molecule has 3 rings (SSSR count). The van der Waals surface area contributed by atoms with E-state index in [-0.39, 0.29) is 17.5 Å². The zero-order chi connectivity index (χ0) is 15.7. The van der Waals surface area contributed by atoms with E-state index < -0.39 is 11.3 Å². The Balaban J connectivity index is 2.26. The number of hydrogen-bond acceptors (Lipinski definition) is 5. The highest BCUT2D eigenvalue weighted by Crippen LogP contribution is 2.56. The largest absolute Gasteiger partial charge is 0.304 e. The van der Waals surface area contributed by atoms with Crippen molar-refractivity contribution in [3.05, 3.63) is 34.0 Å². The summed E-state index contributed by atoms with van der Waals surface area (Å²) < 4.78 is 0. The minimum Gasteiger partial charge on any atom is -0.304 e. The average Bonchev–Trinajstić information content (AvgIpc) is 3.08. The van der Waals surface area contributed by atoms with E-state index in [9.17, 15) is 15.8 Å². The van der Waals surface area contributed by atoms with Crippen LogP contribution < -0.4 is 0 Å². The van der Waals surface area contributed by atoms with Crippen molar-refractivity contribution in [2.75, 3.05) is 0 Å². The standard InChI is InChI=1S/C17H14N4S/c18-8-13-16(21)12-5-2-1-4-11(12)15(14-6-3-7-22-14)17(13,9-19)10-20/h3,5-7,11,13,15,21H,1-2,4H2/t11-,13?,15-/m1/s1. The van der Waals surface area contributed by atoms with Crippen molar-refractivity contribution < 1.29 is 0 Å². The van der Waals surface area contributed by atoms with Crippen LogP contribution in [0.3, 0.4) is 0 Å². The molecule has 4 nitrogen and oxygen atoms in total. The third-order valence-corrected chi connectivity index (χ3v) is 5.74. The fourth-order valence-electron chi connectivity index (χ4n) is 3.80. The Kier molecular flexibility index (Phi) is 3.57. The van der Waals surface area contributed by atoms with Gasteiger partial charge in [0, 0.05) is 10.8 Å². The lowest BCUT2D eigenvalue weighted by molar-refractivity contribution is 0.265. The number of nitrogens with zero attached hydrogens (tertiary/aromatic N) is 3. The first-order valence-corrected chi connectivity index (χ1v) is 8.12. The second-order valence-electron chi connectivity index (χ2n) is 5.76. The van der Waals surface area contributed by atoms with Crippen LogP contribution in [0.15, 0.2) is 29.2 Å². The van der Waals surface area contributed by atoms with Gasteiger partial charge in [-0.3, -0.25) is 0 Å². The van der Waals surface area contributed by atoms with Gasteiger partial charge in [0.25, 0.3) is 0 Å². The fourth-order valence-corrected chi connectivity index (χ4v) is 4.77. The molecule has 0 bridgehead atoms. The number of hydrogen-bond donors (Lipinski definition) is 1. The molecule has 1 aromatic heterocycles. The maximum absolute atomic E-state index is 9.79. The van der Waals surface area contributed by atoms with Crippen LogP contribution in [0.5, 0.6) is 0 Å². The summed E-state index contributed by atoms with van der Waals surface area (Å²) in [6.45, 7) is 0. The highest BCUT2D eigenvalue weighted by Gasteiger charge is 2.58. The molecule has 5 heteroatoms. The van der Waals surface area contributed by atoms with E-state index in [1.165, 1.54) is 11.3 Å². The van der Waals surface area contributed by atoms with E-state index in [1.54, 1.807) is 0 Å². The number of rotatable bonds is 1. The van der Waals surface area contributed by atoms with Crippen LogP contribution in [0.2, 0.25) is 0 Å². The molecule has 1 N–H and O–H groups in total. The zero-order valence-corrected chi connectivity index (χ0v) is 12.7. The van der Waals surface area contributed by atoms with E-state index in [2.05, 4.69) is 18.2 Å². The van der Waals surface area contributed by atoms with E-state index in [4.69, 9.17) is 5.41 Å². The van der Waals surface area contributed by atoms with Crippen LogP contribution in [0.4, 0.5) is 0 Å². The maximum Gasteiger partial charge on any atom is 0.173 e. The Morgan fingerprint density at radius 3 is 2.64 bits per heavy atom. The quantitative estimate of drug-likeness (QED) is 0.855. The minimum absolute atomic E-state index is 0.0104. The van der Waals surface area contributed by atoms with Gasteiger partial charge in [0.1, 0.15) is 5.92 Å². The molecular formula is C17H14N4S. The smallest absolute Gasteiger partial charge is 0.173 e. The van der Waals surface area contributed by atoms with Gasteiger partial charge in [-0.05, 0) is 42.2 Å². The molecule has 0 spiro atoms. The summed E-state index contributed by atoms with van der Waals surface area (Å²) in [5, 5.41) is 39.4. The molecule has 108 valence electrons. The van der Waals surface area contributed by atoms with E-state index in [0.717, 1.165) is 29.7 Å². The number of allylic oxidation sites excluding steroid dienone is 2. The van der Waals surface area contributed by atoms with Crippen LogP contribution in [0.1, 0.15) is 30.1 Å². The van der Waals surface area contributed by atoms with E-state index in [1.807, 2.05) is 23.6 Å². The fraction of sp³-hybridized carbons (Fsp3) is 0.412. The van der Waals surface area contributed by atoms with Crippen LogP contribution >= 0.6 is 11.3 Å². The summed E-state index contributed by atoms with van der Waals surface area (Å²) in [5.41, 5.74) is -0.434. The Morgan fingerprint density at radius 2 is 2.05 bits per heavy atom. The van der Waals surface area contributed by atoms with Gasteiger partial charge in [0.15, 0.2) is 5.41 Å². The molecule has 1 saturated carbocycles. The van der Waals surface area contributed by atoms with Crippen LogP contribution in [-0.2, 0) is 0 Å². The molecule has 3 atom stereocenters. The molecule has 2 aliphatic rings. The molecule has 0 saturated heterocycles. The Hall–Kier alpha value is -2.42. The van der Waals surface area contributed by atoms with E-state index >= 15 is 0 Å². The van der Waals surface area contributed by atoms with Gasteiger partial charge in [-0.2, -0.15) is 15.8 Å². The summed E-state index contributed by atoms with van der Waals surface area (Å²) in [5.74, 6) is -1.33. The highest BCUT2D eigenvalue weighted by atomic mass is 32.1. The Labute approximate surface area is 133 Å². The van der Waals surface area contributed by atoms with Crippen LogP contribution in [0, 0.1) is 56.7 Å². The molecule has 1 unspecified atom stereocenters. The maximum atomic E-state index is 9.79. The Morgan fingerprint density at radius 1 is 1.27 bits per heavy atom. The minimum atomic E-state index is -1.48. The van der Waals surface area contributed by atoms with Crippen molar-refractivity contribution in [3.63, 3.8) is 0 Å². The normalized spacial score (nSPS) is 29.4. The zero-order valence-electron chi connectivity index (χ0n) is 11.9. The van der Waals surface area contributed by atoms with Gasteiger partial charge in [0.2, 0.25) is 0 Å². The summed E-state index contributed by atoms with van der Waals surface area (Å²) in [6, 6.07) is 10.2. The predicted octanol–water partition coefficient (Wildman–Crippen LogP) is 3.76. The molecule has 0 radical (unpaired) electrons. The van der Waals surface area contributed by atoms with Gasteiger partial charge in [-0.15, -0.1) is 11.3 Å². The van der Waals surface area contributed by atoms with Crippen molar-refractivity contribution in [2.24, 2.45) is 17.3 Å². The second kappa shape index (κ2) is 5.41. The van der Waals surface area contributed by atoms with Crippen molar-refractivity contribution >= 4 is 17.0 Å². The monoisotopic (exact) mass is 306 g/mol. The predicted molar refractivity (Wildman–Crippen MR) is 83.0 cm³/mol. The number of nitrogens with one attached hydrogen (secondary N) is 1. The average molecular weight is 306 g/mol. The summed E-state index contributed by atoms with van der Waals surface area (Å²) >= 11 is 1.52. The van der Waals surface area contributed by atoms with Crippen molar-refractivity contribution in [1.82, 2.24) is 0 Å². The lowest BCUT2D eigenvalue weighted by Crippen LogP contribution is -2.48. The SMILES string of the molecule is N#CC1C(=N)C2=CCCC[C@H]2[C@H](c2cccs2)C1(C#N)C#N. The third-order valence-electron chi connectivity index (χ3n) is 4.78. The first-order valence-electron chi connectivity index (χ1n) is 7.24. The summed E-state index contributed by atoms with van der Waals surface area (Å²) in [7, 11) is 0. The molecule has 1 fully saturated rings. The van der Waals surface area contributed by atoms with Crippen molar-refractivity contribution in [3.8, 4) is 18.2 Å². The first kappa shape index (κ1) is 14.5. The summed E-state index contributed by atoms with van der Waals surface area (Å²) in [6.07, 6.45) is 4.78. The topological polar surface area (TPSA) is 95.2 Å². The molecule has 22 heavy (non-hydrogen) atoms. The number of thiophene rings is 1. The van der Waals surface area contributed by atoms with Crippen molar-refractivity contribution in [2.45, 2.75) is 25.2 Å². The molecule has 1 aromatic rings. The van der Waals surface area contributed by atoms with Gasteiger partial charge >= 0.3 is 0 Å². The van der Waals surface area contributed by atoms with Gasteiger partial charge in [-0.25, -0.2) is 0 Å². The molecule has 2 aliphatic carbocycles. The van der Waals surface area contributed by atoms with Gasteiger partial charge in [-0.1, -0.05) is 12.1 Å². The van der Waals surface area contributed by atoms with Crippen molar-refractivity contribution in [1.29, 1.82) is 21.2 Å². The van der Waals surface area contributed by atoms with Crippen LogP contribution in [0.25, 0.3) is 0 Å².